The van der Waals surface area contributed by atoms with Crippen LogP contribution in [-0.4, -0.2) is 22.0 Å². The van der Waals surface area contributed by atoms with Crippen LogP contribution >= 0.6 is 0 Å². The molecule has 2 N–H and O–H groups in total. The second-order valence-electron chi connectivity index (χ2n) is 3.23. The molecule has 0 aliphatic carbocycles. The normalized spacial score (nSPS) is 11.2. The van der Waals surface area contributed by atoms with Gasteiger partial charge in [0.2, 0.25) is 0 Å². The van der Waals surface area contributed by atoms with Crippen LogP contribution in [0.25, 0.3) is 6.08 Å². The zero-order valence-electron chi connectivity index (χ0n) is 8.80. The zero-order valence-corrected chi connectivity index (χ0v) is 8.80. The average Bonchev–Trinajstić information content (AvgIpc) is 2.27. The van der Waals surface area contributed by atoms with Gasteiger partial charge in [-0.2, -0.15) is 0 Å². The number of phenolic OH excluding ortho intramolecular Hbond substituents is 1. The summed E-state index contributed by atoms with van der Waals surface area (Å²) in [6.45, 7) is 1.61. The Morgan fingerprint density at radius 2 is 1.81 bits per heavy atom. The minimum Gasteiger partial charge on any atom is -0.508 e. The van der Waals surface area contributed by atoms with Gasteiger partial charge in [-0.25, -0.2) is 4.79 Å². The van der Waals surface area contributed by atoms with E-state index in [0.29, 0.717) is 5.56 Å². The van der Waals surface area contributed by atoms with Gasteiger partial charge >= 0.3 is 5.97 Å². The molecule has 4 heteroatoms. The van der Waals surface area contributed by atoms with Crippen molar-refractivity contribution in [2.45, 2.75) is 13.3 Å². The fraction of sp³-hybridized carbons (Fsp3) is 0.167. The fourth-order valence-electron chi connectivity index (χ4n) is 1.19. The van der Waals surface area contributed by atoms with E-state index in [1.807, 2.05) is 0 Å². The summed E-state index contributed by atoms with van der Waals surface area (Å²) in [6, 6.07) is 5.95. The molecule has 0 aliphatic heterocycles. The van der Waals surface area contributed by atoms with Crippen molar-refractivity contribution in [2.75, 3.05) is 0 Å². The van der Waals surface area contributed by atoms with Crippen LogP contribution in [-0.2, 0) is 9.59 Å². The first kappa shape index (κ1) is 12.0. The predicted octanol–water partition coefficient (Wildman–Crippen LogP) is 1.84. The Morgan fingerprint density at radius 1 is 1.25 bits per heavy atom. The molecule has 0 bridgehead atoms. The van der Waals surface area contributed by atoms with Crippen LogP contribution in [0, 0.1) is 0 Å². The monoisotopic (exact) mass is 220 g/mol. The number of hydrogen-bond donors (Lipinski definition) is 2. The molecule has 1 aromatic rings. The van der Waals surface area contributed by atoms with Crippen molar-refractivity contribution >= 4 is 17.8 Å². The van der Waals surface area contributed by atoms with E-state index in [9.17, 15) is 9.59 Å². The largest absolute Gasteiger partial charge is 0.508 e. The lowest BCUT2D eigenvalue weighted by molar-refractivity contribution is -0.134. The van der Waals surface area contributed by atoms with Gasteiger partial charge in [0, 0.05) is 6.42 Å². The molecule has 4 nitrogen and oxygen atoms in total. The molecule has 0 aromatic heterocycles. The third kappa shape index (κ3) is 2.95. The summed E-state index contributed by atoms with van der Waals surface area (Å²) in [6.07, 6.45) is 1.45. The number of aromatic hydroxyl groups is 1. The van der Waals surface area contributed by atoms with Gasteiger partial charge in [-0.15, -0.1) is 0 Å². The molecule has 0 unspecified atom stereocenters. The van der Waals surface area contributed by atoms with Gasteiger partial charge in [-0.1, -0.05) is 19.1 Å². The second kappa shape index (κ2) is 5.11. The number of benzene rings is 1. The van der Waals surface area contributed by atoms with E-state index in [2.05, 4.69) is 0 Å². The van der Waals surface area contributed by atoms with Crippen LogP contribution in [0.5, 0.6) is 5.75 Å². The van der Waals surface area contributed by atoms with E-state index in [1.165, 1.54) is 18.2 Å². The first-order valence-electron chi connectivity index (χ1n) is 4.81. The van der Waals surface area contributed by atoms with Gasteiger partial charge in [0.05, 0.1) is 0 Å². The number of rotatable bonds is 4. The molecule has 0 heterocycles. The summed E-state index contributed by atoms with van der Waals surface area (Å²) < 4.78 is 0. The Hall–Kier alpha value is -2.10. The molecule has 16 heavy (non-hydrogen) atoms. The molecule has 1 rings (SSSR count). The molecule has 0 saturated carbocycles. The Morgan fingerprint density at radius 3 is 2.25 bits per heavy atom. The molecular weight excluding hydrogens is 208 g/mol. The molecule has 0 saturated heterocycles. The predicted molar refractivity (Wildman–Crippen MR) is 59.0 cm³/mol. The molecule has 0 radical (unpaired) electrons. The van der Waals surface area contributed by atoms with E-state index in [-0.39, 0.29) is 17.7 Å². The maximum absolute atomic E-state index is 11.3. The van der Waals surface area contributed by atoms with Crippen LogP contribution < -0.4 is 0 Å². The van der Waals surface area contributed by atoms with Gasteiger partial charge in [-0.05, 0) is 23.8 Å². The smallest absolute Gasteiger partial charge is 0.339 e. The van der Waals surface area contributed by atoms with Gasteiger partial charge < -0.3 is 10.2 Å². The highest BCUT2D eigenvalue weighted by molar-refractivity contribution is 6.19. The summed E-state index contributed by atoms with van der Waals surface area (Å²) in [4.78, 5) is 22.2. The quantitative estimate of drug-likeness (QED) is 0.461. The van der Waals surface area contributed by atoms with E-state index >= 15 is 0 Å². The minimum atomic E-state index is -1.24. The Labute approximate surface area is 92.8 Å². The number of Topliss-reactive ketones (excluding diaryl/α,β-unsaturated/α-hetero) is 1. The third-order valence-electron chi connectivity index (χ3n) is 2.06. The first-order valence-corrected chi connectivity index (χ1v) is 4.81. The van der Waals surface area contributed by atoms with Crippen LogP contribution in [0.4, 0.5) is 0 Å². The Balaban J connectivity index is 3.07. The van der Waals surface area contributed by atoms with E-state index < -0.39 is 11.8 Å². The molecule has 84 valence electrons. The molecule has 1 aromatic carbocycles. The van der Waals surface area contributed by atoms with Crippen molar-refractivity contribution in [3.8, 4) is 5.75 Å². The lowest BCUT2D eigenvalue weighted by atomic mass is 10.1. The van der Waals surface area contributed by atoms with E-state index in [4.69, 9.17) is 10.2 Å². The third-order valence-corrected chi connectivity index (χ3v) is 2.06. The lowest BCUT2D eigenvalue weighted by Gasteiger charge is -2.00. The standard InChI is InChI=1S/C12H12O4/c1-2-11(14)10(12(15)16)7-8-3-5-9(13)6-4-8/h3-7,13H,2H2,1H3,(H,15,16). The van der Waals surface area contributed by atoms with Crippen molar-refractivity contribution in [2.24, 2.45) is 0 Å². The fourth-order valence-corrected chi connectivity index (χ4v) is 1.19. The number of hydrogen-bond acceptors (Lipinski definition) is 3. The van der Waals surface area contributed by atoms with Crippen molar-refractivity contribution in [3.05, 3.63) is 35.4 Å². The van der Waals surface area contributed by atoms with Gasteiger partial charge in [-0.3, -0.25) is 4.79 Å². The Bertz CT molecular complexity index is 429. The Kier molecular flexibility index (Phi) is 3.83. The van der Waals surface area contributed by atoms with Crippen molar-refractivity contribution in [1.82, 2.24) is 0 Å². The van der Waals surface area contributed by atoms with E-state index in [1.54, 1.807) is 19.1 Å². The van der Waals surface area contributed by atoms with E-state index in [0.717, 1.165) is 0 Å². The summed E-state index contributed by atoms with van der Waals surface area (Å²) in [5, 5.41) is 17.9. The maximum atomic E-state index is 11.3. The van der Waals surface area contributed by atoms with Gasteiger partial charge in [0.15, 0.2) is 5.78 Å². The number of carbonyl (C=O) groups is 2. The highest BCUT2D eigenvalue weighted by atomic mass is 16.4. The lowest BCUT2D eigenvalue weighted by Crippen LogP contribution is -2.10. The van der Waals surface area contributed by atoms with Crippen LogP contribution in [0.15, 0.2) is 29.8 Å². The molecule has 0 spiro atoms. The average molecular weight is 220 g/mol. The number of ketones is 1. The summed E-state index contributed by atoms with van der Waals surface area (Å²) in [5.74, 6) is -1.56. The summed E-state index contributed by atoms with van der Waals surface area (Å²) >= 11 is 0. The number of carboxylic acid groups (broad SMARTS) is 1. The second-order valence-corrected chi connectivity index (χ2v) is 3.23. The summed E-state index contributed by atoms with van der Waals surface area (Å²) in [7, 11) is 0. The first-order chi connectivity index (χ1) is 7.54. The highest BCUT2D eigenvalue weighted by Gasteiger charge is 2.14. The molecule has 0 fully saturated rings. The number of phenols is 1. The van der Waals surface area contributed by atoms with Crippen molar-refractivity contribution < 1.29 is 19.8 Å². The number of aliphatic carboxylic acids is 1. The number of carbonyl (C=O) groups excluding carboxylic acids is 1. The molecule has 0 atom stereocenters. The number of carboxylic acids is 1. The van der Waals surface area contributed by atoms with Gasteiger partial charge in [0.25, 0.3) is 0 Å². The topological polar surface area (TPSA) is 74.6 Å². The van der Waals surface area contributed by atoms with Crippen molar-refractivity contribution in [1.29, 1.82) is 0 Å². The zero-order chi connectivity index (χ0) is 12.1. The molecule has 0 amide bonds. The SMILES string of the molecule is CCC(=O)C(=Cc1ccc(O)cc1)C(=O)O. The molecular formula is C12H12O4. The van der Waals surface area contributed by atoms with Crippen LogP contribution in [0.1, 0.15) is 18.9 Å². The summed E-state index contributed by atoms with van der Waals surface area (Å²) in [5.41, 5.74) is 0.324. The van der Waals surface area contributed by atoms with Crippen LogP contribution in [0.2, 0.25) is 0 Å². The molecule has 0 aliphatic rings. The van der Waals surface area contributed by atoms with Crippen molar-refractivity contribution in [3.63, 3.8) is 0 Å². The maximum Gasteiger partial charge on any atom is 0.339 e. The van der Waals surface area contributed by atoms with Gasteiger partial charge in [0.1, 0.15) is 11.3 Å². The van der Waals surface area contributed by atoms with Crippen LogP contribution in [0.3, 0.4) is 0 Å². The minimum absolute atomic E-state index is 0.0934. The highest BCUT2D eigenvalue weighted by Crippen LogP contribution is 2.14.